The van der Waals surface area contributed by atoms with Crippen molar-refractivity contribution in [3.05, 3.63) is 45.5 Å². The lowest BCUT2D eigenvalue weighted by Gasteiger charge is -1.99. The summed E-state index contributed by atoms with van der Waals surface area (Å²) in [5.41, 5.74) is -0.194. The molecule has 1 aromatic carbocycles. The van der Waals surface area contributed by atoms with Gasteiger partial charge in [0.25, 0.3) is 5.69 Å². The second-order valence-electron chi connectivity index (χ2n) is 2.90. The summed E-state index contributed by atoms with van der Waals surface area (Å²) in [4.78, 5) is 20.6. The van der Waals surface area contributed by atoms with Gasteiger partial charge in [-0.05, 0) is 17.7 Å². The van der Waals surface area contributed by atoms with Crippen LogP contribution in [0.1, 0.15) is 15.9 Å². The van der Waals surface area contributed by atoms with E-state index in [0.29, 0.717) is 11.4 Å². The van der Waals surface area contributed by atoms with Crippen LogP contribution in [0.15, 0.2) is 24.3 Å². The standard InChI is InChI=1S/C10H8ClNO4/c11-5-1-2-7-3-4-9(12(15)16)8(6-7)10(13)14/h1-4,6H,5H2,(H,13,14). The largest absolute Gasteiger partial charge is 0.477 e. The van der Waals surface area contributed by atoms with Gasteiger partial charge in [0.1, 0.15) is 5.56 Å². The van der Waals surface area contributed by atoms with Crippen molar-refractivity contribution in [2.24, 2.45) is 0 Å². The molecule has 0 saturated carbocycles. The Hall–Kier alpha value is -1.88. The maximum absolute atomic E-state index is 10.8. The third-order valence-corrected chi connectivity index (χ3v) is 2.03. The van der Waals surface area contributed by atoms with Gasteiger partial charge in [-0.2, -0.15) is 0 Å². The lowest BCUT2D eigenvalue weighted by atomic mass is 10.1. The molecule has 16 heavy (non-hydrogen) atoms. The van der Waals surface area contributed by atoms with Gasteiger partial charge < -0.3 is 5.11 Å². The minimum absolute atomic E-state index is 0.291. The van der Waals surface area contributed by atoms with E-state index in [0.717, 1.165) is 6.07 Å². The van der Waals surface area contributed by atoms with Crippen LogP contribution in [0, 0.1) is 10.1 Å². The lowest BCUT2D eigenvalue weighted by molar-refractivity contribution is -0.385. The van der Waals surface area contributed by atoms with Crippen LogP contribution in [-0.4, -0.2) is 21.9 Å². The highest BCUT2D eigenvalue weighted by molar-refractivity contribution is 6.19. The third-order valence-electron chi connectivity index (χ3n) is 1.85. The normalized spacial score (nSPS) is 10.6. The van der Waals surface area contributed by atoms with Crippen LogP contribution in [0.25, 0.3) is 6.08 Å². The molecular formula is C10H8ClNO4. The summed E-state index contributed by atoms with van der Waals surface area (Å²) in [6, 6.07) is 3.87. The van der Waals surface area contributed by atoms with Crippen LogP contribution in [0.4, 0.5) is 5.69 Å². The van der Waals surface area contributed by atoms with E-state index >= 15 is 0 Å². The molecule has 0 atom stereocenters. The van der Waals surface area contributed by atoms with Crippen LogP contribution in [0.5, 0.6) is 0 Å². The Balaban J connectivity index is 3.22. The summed E-state index contributed by atoms with van der Waals surface area (Å²) in [5.74, 6) is -1.04. The molecule has 6 heteroatoms. The average molecular weight is 242 g/mol. The molecule has 0 aliphatic heterocycles. The van der Waals surface area contributed by atoms with E-state index in [9.17, 15) is 14.9 Å². The maximum Gasteiger partial charge on any atom is 0.342 e. The summed E-state index contributed by atoms with van der Waals surface area (Å²) in [6.07, 6.45) is 3.22. The van der Waals surface area contributed by atoms with Gasteiger partial charge >= 0.3 is 5.97 Å². The van der Waals surface area contributed by atoms with Crippen molar-refractivity contribution in [3.63, 3.8) is 0 Å². The SMILES string of the molecule is O=C(O)c1cc(C=CCCl)ccc1[N+](=O)[O-]. The number of allylic oxidation sites excluding steroid dienone is 1. The Kier molecular flexibility index (Phi) is 4.02. The van der Waals surface area contributed by atoms with Gasteiger partial charge in [-0.3, -0.25) is 10.1 Å². The summed E-state index contributed by atoms with van der Waals surface area (Å²) >= 11 is 5.42. The monoisotopic (exact) mass is 241 g/mol. The fraction of sp³-hybridized carbons (Fsp3) is 0.100. The van der Waals surface area contributed by atoms with Crippen LogP contribution < -0.4 is 0 Å². The Labute approximate surface area is 96.1 Å². The number of carbonyl (C=O) groups is 1. The van der Waals surface area contributed by atoms with Gasteiger partial charge in [-0.15, -0.1) is 11.6 Å². The van der Waals surface area contributed by atoms with E-state index in [4.69, 9.17) is 16.7 Å². The topological polar surface area (TPSA) is 80.4 Å². The molecule has 0 aliphatic carbocycles. The molecule has 0 spiro atoms. The number of aromatic carboxylic acids is 1. The number of halogens is 1. The van der Waals surface area contributed by atoms with Crippen LogP contribution >= 0.6 is 11.6 Å². The molecular weight excluding hydrogens is 234 g/mol. The van der Waals surface area contributed by atoms with Crippen molar-refractivity contribution in [2.75, 3.05) is 5.88 Å². The zero-order chi connectivity index (χ0) is 12.1. The highest BCUT2D eigenvalue weighted by atomic mass is 35.5. The fourth-order valence-corrected chi connectivity index (χ4v) is 1.26. The van der Waals surface area contributed by atoms with Crippen LogP contribution in [0.3, 0.4) is 0 Å². The number of hydrogen-bond acceptors (Lipinski definition) is 3. The van der Waals surface area contributed by atoms with Gasteiger partial charge in [-0.25, -0.2) is 4.79 Å². The first kappa shape index (κ1) is 12.2. The number of hydrogen-bond donors (Lipinski definition) is 1. The smallest absolute Gasteiger partial charge is 0.342 e. The Morgan fingerprint density at radius 1 is 1.56 bits per heavy atom. The molecule has 0 aromatic heterocycles. The van der Waals surface area contributed by atoms with Gasteiger partial charge in [0, 0.05) is 11.9 Å². The first-order valence-corrected chi connectivity index (χ1v) is 4.84. The number of nitrogens with zero attached hydrogens (tertiary/aromatic N) is 1. The molecule has 0 heterocycles. The number of nitro benzene ring substituents is 1. The molecule has 0 saturated heterocycles. The minimum Gasteiger partial charge on any atom is -0.477 e. The van der Waals surface area contributed by atoms with E-state index in [2.05, 4.69) is 0 Å². The Morgan fingerprint density at radius 2 is 2.25 bits per heavy atom. The molecule has 84 valence electrons. The first-order valence-electron chi connectivity index (χ1n) is 4.30. The molecule has 0 unspecified atom stereocenters. The number of benzene rings is 1. The van der Waals surface area contributed by atoms with E-state index in [-0.39, 0.29) is 5.56 Å². The Bertz CT molecular complexity index is 456. The predicted molar refractivity (Wildman–Crippen MR) is 59.8 cm³/mol. The summed E-state index contributed by atoms with van der Waals surface area (Å²) in [6.45, 7) is 0. The van der Waals surface area contributed by atoms with Crippen molar-refractivity contribution in [2.45, 2.75) is 0 Å². The molecule has 1 aromatic rings. The van der Waals surface area contributed by atoms with Crippen molar-refractivity contribution < 1.29 is 14.8 Å². The number of nitro groups is 1. The van der Waals surface area contributed by atoms with Gasteiger partial charge in [-0.1, -0.05) is 12.2 Å². The molecule has 0 bridgehead atoms. The first-order chi connectivity index (χ1) is 7.56. The van der Waals surface area contributed by atoms with Crippen LogP contribution in [-0.2, 0) is 0 Å². The van der Waals surface area contributed by atoms with E-state index in [1.54, 1.807) is 12.2 Å². The lowest BCUT2D eigenvalue weighted by Crippen LogP contribution is -2.02. The van der Waals surface area contributed by atoms with E-state index in [1.165, 1.54) is 12.1 Å². The molecule has 0 aliphatic rings. The molecule has 1 rings (SSSR count). The van der Waals surface area contributed by atoms with Gasteiger partial charge in [0.2, 0.25) is 0 Å². The zero-order valence-electron chi connectivity index (χ0n) is 8.09. The quantitative estimate of drug-likeness (QED) is 0.499. The van der Waals surface area contributed by atoms with Crippen molar-refractivity contribution in [1.29, 1.82) is 0 Å². The van der Waals surface area contributed by atoms with Crippen LogP contribution in [0.2, 0.25) is 0 Å². The van der Waals surface area contributed by atoms with Gasteiger partial charge in [0.15, 0.2) is 0 Å². The zero-order valence-corrected chi connectivity index (χ0v) is 8.85. The fourth-order valence-electron chi connectivity index (χ4n) is 1.17. The molecule has 1 N–H and O–H groups in total. The second kappa shape index (κ2) is 5.27. The number of carboxylic acid groups (broad SMARTS) is 1. The van der Waals surface area contributed by atoms with Crippen molar-refractivity contribution >= 4 is 29.3 Å². The molecule has 0 fully saturated rings. The van der Waals surface area contributed by atoms with Crippen molar-refractivity contribution in [3.8, 4) is 0 Å². The number of carboxylic acids is 1. The van der Waals surface area contributed by atoms with Crippen molar-refractivity contribution in [1.82, 2.24) is 0 Å². The molecule has 0 amide bonds. The van der Waals surface area contributed by atoms with Gasteiger partial charge in [0.05, 0.1) is 4.92 Å². The maximum atomic E-state index is 10.8. The minimum atomic E-state index is -1.33. The summed E-state index contributed by atoms with van der Waals surface area (Å²) in [5, 5.41) is 19.4. The second-order valence-corrected chi connectivity index (χ2v) is 3.20. The highest BCUT2D eigenvalue weighted by Crippen LogP contribution is 2.20. The van der Waals surface area contributed by atoms with E-state index < -0.39 is 16.6 Å². The predicted octanol–water partition coefficient (Wildman–Crippen LogP) is 2.55. The Morgan fingerprint density at radius 3 is 2.75 bits per heavy atom. The summed E-state index contributed by atoms with van der Waals surface area (Å²) < 4.78 is 0. The van der Waals surface area contributed by atoms with E-state index in [1.807, 2.05) is 0 Å². The summed E-state index contributed by atoms with van der Waals surface area (Å²) in [7, 11) is 0. The third kappa shape index (κ3) is 2.80. The number of rotatable bonds is 4. The molecule has 5 nitrogen and oxygen atoms in total. The molecule has 0 radical (unpaired) electrons. The highest BCUT2D eigenvalue weighted by Gasteiger charge is 2.19. The number of alkyl halides is 1. The average Bonchev–Trinajstić information content (AvgIpc) is 2.25.